The number of carbonyl (C=O) groups excluding carboxylic acids is 1. The molecule has 8 heteroatoms. The van der Waals surface area contributed by atoms with E-state index in [0.717, 1.165) is 0 Å². The standard InChI is InChI=1S/C13H12ClN3O3S/c14-9-1-7-12(8-2-9)21(19,20)17-11-5-3-10(4-6-11)16-13(15)18/h1-8,17H,(H3,15,16,18). The predicted molar refractivity (Wildman–Crippen MR) is 81.9 cm³/mol. The number of halogens is 1. The summed E-state index contributed by atoms with van der Waals surface area (Å²) in [7, 11) is -3.69. The lowest BCUT2D eigenvalue weighted by molar-refractivity contribution is 0.259. The van der Waals surface area contributed by atoms with Gasteiger partial charge in [-0.05, 0) is 48.5 Å². The van der Waals surface area contributed by atoms with Gasteiger partial charge in [-0.3, -0.25) is 4.72 Å². The van der Waals surface area contributed by atoms with Crippen LogP contribution in [0.4, 0.5) is 16.2 Å². The zero-order valence-electron chi connectivity index (χ0n) is 10.7. The highest BCUT2D eigenvalue weighted by molar-refractivity contribution is 7.92. The largest absolute Gasteiger partial charge is 0.351 e. The average Bonchev–Trinajstić information content (AvgIpc) is 2.40. The normalized spacial score (nSPS) is 10.9. The maximum Gasteiger partial charge on any atom is 0.316 e. The molecule has 2 amide bonds. The molecule has 6 nitrogen and oxygen atoms in total. The van der Waals surface area contributed by atoms with Crippen molar-refractivity contribution in [3.63, 3.8) is 0 Å². The fourth-order valence-electron chi connectivity index (χ4n) is 1.59. The van der Waals surface area contributed by atoms with Gasteiger partial charge in [-0.2, -0.15) is 0 Å². The highest BCUT2D eigenvalue weighted by Gasteiger charge is 2.13. The van der Waals surface area contributed by atoms with E-state index in [1.807, 2.05) is 0 Å². The zero-order chi connectivity index (χ0) is 15.5. The topological polar surface area (TPSA) is 101 Å². The third kappa shape index (κ3) is 4.11. The number of hydrogen-bond acceptors (Lipinski definition) is 3. The predicted octanol–water partition coefficient (Wildman–Crippen LogP) is 2.63. The van der Waals surface area contributed by atoms with Gasteiger partial charge in [0.2, 0.25) is 0 Å². The van der Waals surface area contributed by atoms with Crippen molar-refractivity contribution in [3.8, 4) is 0 Å². The van der Waals surface area contributed by atoms with Crippen LogP contribution in [0.15, 0.2) is 53.4 Å². The van der Waals surface area contributed by atoms with E-state index < -0.39 is 16.1 Å². The van der Waals surface area contributed by atoms with Crippen molar-refractivity contribution in [2.24, 2.45) is 5.73 Å². The molecule has 0 heterocycles. The molecule has 0 atom stereocenters. The Labute approximate surface area is 127 Å². The molecular weight excluding hydrogens is 314 g/mol. The van der Waals surface area contributed by atoms with Crippen molar-refractivity contribution in [3.05, 3.63) is 53.6 Å². The summed E-state index contributed by atoms with van der Waals surface area (Å²) in [6.45, 7) is 0. The Bertz CT molecular complexity index is 743. The van der Waals surface area contributed by atoms with Crippen LogP contribution >= 0.6 is 11.6 Å². The summed E-state index contributed by atoms with van der Waals surface area (Å²) in [5.41, 5.74) is 5.81. The van der Waals surface area contributed by atoms with Gasteiger partial charge < -0.3 is 11.1 Å². The number of benzene rings is 2. The first kappa shape index (κ1) is 15.1. The summed E-state index contributed by atoms with van der Waals surface area (Å²) in [4.78, 5) is 10.8. The average molecular weight is 326 g/mol. The summed E-state index contributed by atoms with van der Waals surface area (Å²) in [6, 6.07) is 11.2. The van der Waals surface area contributed by atoms with Crippen LogP contribution in [0.1, 0.15) is 0 Å². The number of primary amides is 1. The van der Waals surface area contributed by atoms with Gasteiger partial charge in [-0.15, -0.1) is 0 Å². The van der Waals surface area contributed by atoms with Gasteiger partial charge >= 0.3 is 6.03 Å². The van der Waals surface area contributed by atoms with Gasteiger partial charge in [0.05, 0.1) is 4.90 Å². The number of hydrogen-bond donors (Lipinski definition) is 3. The number of nitrogens with one attached hydrogen (secondary N) is 2. The Morgan fingerprint density at radius 1 is 0.952 bits per heavy atom. The summed E-state index contributed by atoms with van der Waals surface area (Å²) in [5, 5.41) is 2.83. The lowest BCUT2D eigenvalue weighted by atomic mass is 10.3. The lowest BCUT2D eigenvalue weighted by Gasteiger charge is -2.09. The van der Waals surface area contributed by atoms with E-state index in [9.17, 15) is 13.2 Å². The molecule has 0 spiro atoms. The van der Waals surface area contributed by atoms with E-state index >= 15 is 0 Å². The number of rotatable bonds is 4. The van der Waals surface area contributed by atoms with Gasteiger partial charge in [-0.1, -0.05) is 11.6 Å². The Balaban J connectivity index is 2.16. The molecule has 2 rings (SSSR count). The molecule has 0 saturated heterocycles. The number of carbonyl (C=O) groups is 1. The number of nitrogens with two attached hydrogens (primary N) is 1. The zero-order valence-corrected chi connectivity index (χ0v) is 12.3. The van der Waals surface area contributed by atoms with Crippen molar-refractivity contribution in [1.82, 2.24) is 0 Å². The summed E-state index contributed by atoms with van der Waals surface area (Å²) >= 11 is 5.72. The van der Waals surface area contributed by atoms with Crippen LogP contribution in [-0.2, 0) is 10.0 Å². The van der Waals surface area contributed by atoms with Crippen LogP contribution in [0, 0.1) is 0 Å². The van der Waals surface area contributed by atoms with Crippen LogP contribution in [0.5, 0.6) is 0 Å². The van der Waals surface area contributed by atoms with Crippen molar-refractivity contribution in [1.29, 1.82) is 0 Å². The Hall–Kier alpha value is -2.25. The summed E-state index contributed by atoms with van der Waals surface area (Å²) in [5.74, 6) is 0. The van der Waals surface area contributed by atoms with Crippen molar-refractivity contribution in [2.75, 3.05) is 10.0 Å². The monoisotopic (exact) mass is 325 g/mol. The maximum absolute atomic E-state index is 12.1. The molecule has 0 aliphatic carbocycles. The van der Waals surface area contributed by atoms with Crippen LogP contribution in [0.25, 0.3) is 0 Å². The van der Waals surface area contributed by atoms with Crippen molar-refractivity contribution < 1.29 is 13.2 Å². The molecule has 0 saturated carbocycles. The Morgan fingerprint density at radius 2 is 1.48 bits per heavy atom. The molecule has 2 aromatic carbocycles. The number of anilines is 2. The number of sulfonamides is 1. The fraction of sp³-hybridized carbons (Fsp3) is 0. The number of urea groups is 1. The molecule has 0 aliphatic heterocycles. The lowest BCUT2D eigenvalue weighted by Crippen LogP contribution is -2.19. The molecule has 0 fully saturated rings. The number of amides is 2. The second kappa shape index (κ2) is 6.02. The van der Waals surface area contributed by atoms with Crippen LogP contribution in [-0.4, -0.2) is 14.4 Å². The van der Waals surface area contributed by atoms with E-state index in [4.69, 9.17) is 17.3 Å². The third-order valence-corrected chi connectivity index (χ3v) is 4.18. The van der Waals surface area contributed by atoms with Gasteiger partial charge in [-0.25, -0.2) is 13.2 Å². The summed E-state index contributed by atoms with van der Waals surface area (Å²) < 4.78 is 26.7. The Kier molecular flexibility index (Phi) is 4.35. The third-order valence-electron chi connectivity index (χ3n) is 2.53. The molecule has 0 aliphatic rings. The SMILES string of the molecule is NC(=O)Nc1ccc(NS(=O)(=O)c2ccc(Cl)cc2)cc1. The van der Waals surface area contributed by atoms with E-state index in [1.165, 1.54) is 48.5 Å². The molecule has 21 heavy (non-hydrogen) atoms. The molecule has 0 bridgehead atoms. The van der Waals surface area contributed by atoms with Crippen molar-refractivity contribution >= 4 is 39.0 Å². The second-order valence-electron chi connectivity index (χ2n) is 4.13. The van der Waals surface area contributed by atoms with E-state index in [2.05, 4.69) is 10.0 Å². The highest BCUT2D eigenvalue weighted by Crippen LogP contribution is 2.19. The van der Waals surface area contributed by atoms with Crippen LogP contribution < -0.4 is 15.8 Å². The first-order valence-electron chi connectivity index (χ1n) is 5.82. The van der Waals surface area contributed by atoms with Gasteiger partial charge in [0.1, 0.15) is 0 Å². The smallest absolute Gasteiger partial charge is 0.316 e. The van der Waals surface area contributed by atoms with Gasteiger partial charge in [0.15, 0.2) is 0 Å². The van der Waals surface area contributed by atoms with Crippen LogP contribution in [0.2, 0.25) is 5.02 Å². The second-order valence-corrected chi connectivity index (χ2v) is 6.24. The van der Waals surface area contributed by atoms with Gasteiger partial charge in [0.25, 0.3) is 10.0 Å². The minimum absolute atomic E-state index is 0.103. The quantitative estimate of drug-likeness (QED) is 0.805. The maximum atomic E-state index is 12.1. The summed E-state index contributed by atoms with van der Waals surface area (Å²) in [6.07, 6.45) is 0. The van der Waals surface area contributed by atoms with Gasteiger partial charge in [0, 0.05) is 16.4 Å². The molecule has 4 N–H and O–H groups in total. The Morgan fingerprint density at radius 3 is 2.00 bits per heavy atom. The van der Waals surface area contributed by atoms with Crippen LogP contribution in [0.3, 0.4) is 0 Å². The van der Waals surface area contributed by atoms with Crippen molar-refractivity contribution in [2.45, 2.75) is 4.90 Å². The van der Waals surface area contributed by atoms with E-state index in [0.29, 0.717) is 16.4 Å². The highest BCUT2D eigenvalue weighted by atomic mass is 35.5. The minimum atomic E-state index is -3.69. The molecule has 2 aromatic rings. The first-order chi connectivity index (χ1) is 9.87. The molecule has 0 unspecified atom stereocenters. The molecule has 0 aromatic heterocycles. The fourth-order valence-corrected chi connectivity index (χ4v) is 2.78. The van der Waals surface area contributed by atoms with E-state index in [1.54, 1.807) is 0 Å². The molecule has 0 radical (unpaired) electrons. The molecule has 110 valence electrons. The molecular formula is C13H12ClN3O3S. The van der Waals surface area contributed by atoms with E-state index in [-0.39, 0.29) is 4.90 Å². The first-order valence-corrected chi connectivity index (χ1v) is 7.68. The minimum Gasteiger partial charge on any atom is -0.351 e.